The molecule has 0 aromatic carbocycles. The van der Waals surface area contributed by atoms with Crippen LogP contribution in [0, 0.1) is 0 Å². The SMILES string of the molecule is Cl.Cl.Cl.NCC1CN(c2ccc(-c3cccnc3)cn2)C(=O)O1. The molecular weight excluding hydrogens is 363 g/mol. The summed E-state index contributed by atoms with van der Waals surface area (Å²) in [6.45, 7) is 0.755. The van der Waals surface area contributed by atoms with Crippen LogP contribution in [0.3, 0.4) is 0 Å². The van der Waals surface area contributed by atoms with Crippen molar-refractivity contribution < 1.29 is 9.53 Å². The van der Waals surface area contributed by atoms with Gasteiger partial charge in [-0.15, -0.1) is 37.2 Å². The molecule has 3 heterocycles. The average molecular weight is 380 g/mol. The Morgan fingerprint density at radius 1 is 1.17 bits per heavy atom. The summed E-state index contributed by atoms with van der Waals surface area (Å²) in [5.41, 5.74) is 7.44. The highest BCUT2D eigenvalue weighted by Gasteiger charge is 2.32. The largest absolute Gasteiger partial charge is 0.443 e. The quantitative estimate of drug-likeness (QED) is 0.886. The molecule has 6 nitrogen and oxygen atoms in total. The second kappa shape index (κ2) is 9.52. The minimum atomic E-state index is -0.401. The molecule has 126 valence electrons. The third-order valence-electron chi connectivity index (χ3n) is 3.16. The van der Waals surface area contributed by atoms with Gasteiger partial charge in [0.15, 0.2) is 0 Å². The van der Waals surface area contributed by atoms with Gasteiger partial charge in [-0.2, -0.15) is 0 Å². The topological polar surface area (TPSA) is 81.3 Å². The molecule has 0 saturated carbocycles. The predicted octanol–water partition coefficient (Wildman–Crippen LogP) is 2.69. The van der Waals surface area contributed by atoms with Crippen LogP contribution in [0.1, 0.15) is 0 Å². The number of ether oxygens (including phenoxy) is 1. The van der Waals surface area contributed by atoms with Crippen molar-refractivity contribution in [2.75, 3.05) is 18.0 Å². The summed E-state index contributed by atoms with van der Waals surface area (Å²) in [6, 6.07) is 7.52. The molecule has 0 aliphatic carbocycles. The molecular formula is C14H17Cl3N4O2. The molecule has 9 heteroatoms. The lowest BCUT2D eigenvalue weighted by molar-refractivity contribution is 0.145. The van der Waals surface area contributed by atoms with Crippen molar-refractivity contribution in [2.45, 2.75) is 6.10 Å². The Hall–Kier alpha value is -1.60. The van der Waals surface area contributed by atoms with Crippen LogP contribution in [-0.2, 0) is 4.74 Å². The Morgan fingerprint density at radius 2 is 1.91 bits per heavy atom. The van der Waals surface area contributed by atoms with Gasteiger partial charge in [0.1, 0.15) is 11.9 Å². The molecule has 3 rings (SSSR count). The summed E-state index contributed by atoms with van der Waals surface area (Å²) in [4.78, 5) is 21.6. The minimum absolute atomic E-state index is 0. The zero-order valence-corrected chi connectivity index (χ0v) is 14.4. The van der Waals surface area contributed by atoms with E-state index in [2.05, 4.69) is 9.97 Å². The van der Waals surface area contributed by atoms with Gasteiger partial charge in [-0.25, -0.2) is 9.78 Å². The van der Waals surface area contributed by atoms with Crippen molar-refractivity contribution in [3.05, 3.63) is 42.9 Å². The summed E-state index contributed by atoms with van der Waals surface area (Å²) in [5.74, 6) is 0.568. The number of nitrogens with two attached hydrogens (primary N) is 1. The maximum atomic E-state index is 11.7. The van der Waals surface area contributed by atoms with Gasteiger partial charge in [-0.1, -0.05) is 6.07 Å². The number of hydrogen-bond donors (Lipinski definition) is 1. The van der Waals surface area contributed by atoms with E-state index in [0.29, 0.717) is 18.9 Å². The van der Waals surface area contributed by atoms with Gasteiger partial charge >= 0.3 is 6.09 Å². The zero-order valence-electron chi connectivity index (χ0n) is 12.0. The van der Waals surface area contributed by atoms with Gasteiger partial charge in [0.05, 0.1) is 6.54 Å². The molecule has 1 aliphatic heterocycles. The van der Waals surface area contributed by atoms with Gasteiger partial charge in [-0.3, -0.25) is 9.88 Å². The van der Waals surface area contributed by atoms with E-state index in [1.165, 1.54) is 4.90 Å². The van der Waals surface area contributed by atoms with Gasteiger partial charge in [-0.05, 0) is 18.2 Å². The van der Waals surface area contributed by atoms with E-state index in [9.17, 15) is 4.79 Å². The lowest BCUT2D eigenvalue weighted by Crippen LogP contribution is -2.27. The molecule has 1 atom stereocenters. The number of hydrogen-bond acceptors (Lipinski definition) is 5. The zero-order chi connectivity index (χ0) is 13.9. The number of cyclic esters (lactones) is 1. The maximum Gasteiger partial charge on any atom is 0.415 e. The van der Waals surface area contributed by atoms with E-state index in [1.54, 1.807) is 24.7 Å². The van der Waals surface area contributed by atoms with E-state index in [0.717, 1.165) is 11.1 Å². The highest BCUT2D eigenvalue weighted by Crippen LogP contribution is 2.23. The molecule has 1 amide bonds. The summed E-state index contributed by atoms with van der Waals surface area (Å²) in [5, 5.41) is 0. The molecule has 2 N–H and O–H groups in total. The van der Waals surface area contributed by atoms with Gasteiger partial charge in [0.25, 0.3) is 0 Å². The summed E-state index contributed by atoms with van der Waals surface area (Å²) >= 11 is 0. The second-order valence-electron chi connectivity index (χ2n) is 4.50. The van der Waals surface area contributed by atoms with E-state index in [4.69, 9.17) is 10.5 Å². The van der Waals surface area contributed by atoms with Crippen LogP contribution in [0.25, 0.3) is 11.1 Å². The maximum absolute atomic E-state index is 11.7. The van der Waals surface area contributed by atoms with Crippen LogP contribution in [0.15, 0.2) is 42.9 Å². The third kappa shape index (κ3) is 4.68. The molecule has 0 bridgehead atoms. The monoisotopic (exact) mass is 378 g/mol. The highest BCUT2D eigenvalue weighted by atomic mass is 35.5. The Labute approximate surface area is 152 Å². The van der Waals surface area contributed by atoms with Crippen molar-refractivity contribution >= 4 is 49.1 Å². The first kappa shape index (κ1) is 21.4. The van der Waals surface area contributed by atoms with Crippen molar-refractivity contribution in [1.29, 1.82) is 0 Å². The molecule has 2 aromatic heterocycles. The van der Waals surface area contributed by atoms with Gasteiger partial charge in [0.2, 0.25) is 0 Å². The van der Waals surface area contributed by atoms with Crippen LogP contribution in [0.2, 0.25) is 0 Å². The molecule has 2 aromatic rings. The Morgan fingerprint density at radius 3 is 2.43 bits per heavy atom. The summed E-state index contributed by atoms with van der Waals surface area (Å²) < 4.78 is 5.10. The van der Waals surface area contributed by atoms with Crippen LogP contribution >= 0.6 is 37.2 Å². The first-order valence-electron chi connectivity index (χ1n) is 6.32. The van der Waals surface area contributed by atoms with Crippen molar-refractivity contribution in [1.82, 2.24) is 9.97 Å². The minimum Gasteiger partial charge on any atom is -0.443 e. The van der Waals surface area contributed by atoms with Gasteiger partial charge in [0, 0.05) is 36.3 Å². The van der Waals surface area contributed by atoms with Crippen molar-refractivity contribution in [2.24, 2.45) is 5.73 Å². The number of anilines is 1. The Bertz CT molecular complexity index is 613. The molecule has 23 heavy (non-hydrogen) atoms. The number of carbonyl (C=O) groups excluding carboxylic acids is 1. The number of halogens is 3. The first-order chi connectivity index (χ1) is 9.78. The van der Waals surface area contributed by atoms with E-state index in [-0.39, 0.29) is 43.3 Å². The van der Waals surface area contributed by atoms with Gasteiger partial charge < -0.3 is 10.5 Å². The Balaban J connectivity index is 0.00000161. The van der Waals surface area contributed by atoms with Crippen molar-refractivity contribution in [3.8, 4) is 11.1 Å². The van der Waals surface area contributed by atoms with E-state index >= 15 is 0 Å². The number of amides is 1. The highest BCUT2D eigenvalue weighted by molar-refractivity contribution is 5.88. The number of pyridine rings is 2. The average Bonchev–Trinajstić information content (AvgIpc) is 2.89. The smallest absolute Gasteiger partial charge is 0.415 e. The fourth-order valence-electron chi connectivity index (χ4n) is 2.08. The standard InChI is InChI=1S/C14H14N4O2.3ClH/c15-6-12-9-18(14(19)20-12)13-4-3-11(8-17-13)10-2-1-5-16-7-10;;;/h1-5,7-8,12H,6,9,15H2;3*1H. The molecule has 0 radical (unpaired) electrons. The van der Waals surface area contributed by atoms with Crippen LogP contribution in [0.5, 0.6) is 0 Å². The fraction of sp³-hybridized carbons (Fsp3) is 0.214. The Kier molecular flexibility index (Phi) is 8.86. The van der Waals surface area contributed by atoms with Crippen molar-refractivity contribution in [3.63, 3.8) is 0 Å². The molecule has 1 fully saturated rings. The lowest BCUT2D eigenvalue weighted by atomic mass is 10.1. The van der Waals surface area contributed by atoms with E-state index < -0.39 is 6.09 Å². The number of nitrogens with zero attached hydrogens (tertiary/aromatic N) is 3. The summed E-state index contributed by atoms with van der Waals surface area (Å²) in [6.07, 6.45) is 4.54. The predicted molar refractivity (Wildman–Crippen MR) is 95.9 cm³/mol. The third-order valence-corrected chi connectivity index (χ3v) is 3.16. The van der Waals surface area contributed by atoms with E-state index in [1.807, 2.05) is 18.2 Å². The van der Waals surface area contributed by atoms with Crippen LogP contribution in [-0.4, -0.2) is 35.3 Å². The fourth-order valence-corrected chi connectivity index (χ4v) is 2.08. The molecule has 0 spiro atoms. The number of rotatable bonds is 3. The summed E-state index contributed by atoms with van der Waals surface area (Å²) in [7, 11) is 0. The second-order valence-corrected chi connectivity index (χ2v) is 4.50. The first-order valence-corrected chi connectivity index (χ1v) is 6.32. The van der Waals surface area contributed by atoms with Crippen LogP contribution in [0.4, 0.5) is 10.6 Å². The normalized spacial score (nSPS) is 15.8. The number of aromatic nitrogens is 2. The molecule has 1 unspecified atom stereocenters. The molecule has 1 aliphatic rings. The van der Waals surface area contributed by atoms with Crippen LogP contribution < -0.4 is 10.6 Å². The number of carbonyl (C=O) groups is 1. The molecule has 1 saturated heterocycles. The lowest BCUT2D eigenvalue weighted by Gasteiger charge is -2.12.